The van der Waals surface area contributed by atoms with E-state index in [4.69, 9.17) is 4.74 Å². The predicted octanol–water partition coefficient (Wildman–Crippen LogP) is 3.87. The Balaban J connectivity index is 1.93. The fourth-order valence-corrected chi connectivity index (χ4v) is 3.53. The summed E-state index contributed by atoms with van der Waals surface area (Å²) in [6, 6.07) is 4.79. The highest BCUT2D eigenvalue weighted by atomic mass is 19.4. The number of anilines is 1. The molecular formula is C20H25F3N4O2. The molecular weight excluding hydrogens is 385 g/mol. The summed E-state index contributed by atoms with van der Waals surface area (Å²) in [6.07, 6.45) is -2.66. The molecule has 2 N–H and O–H groups in total. The number of carbonyl (C=O) groups excluding carboxylic acids is 1. The zero-order valence-electron chi connectivity index (χ0n) is 16.6. The van der Waals surface area contributed by atoms with Crippen molar-refractivity contribution in [3.8, 4) is 0 Å². The van der Waals surface area contributed by atoms with Crippen LogP contribution in [0.15, 0.2) is 30.5 Å². The maximum Gasteiger partial charge on any atom is 0.410 e. The minimum Gasteiger partial charge on any atom is -0.383 e. The van der Waals surface area contributed by atoms with Gasteiger partial charge in [0.1, 0.15) is 11.4 Å². The number of methoxy groups -OCH3 is 1. The highest BCUT2D eigenvalue weighted by Gasteiger charge is 2.47. The smallest absolute Gasteiger partial charge is 0.383 e. The third-order valence-corrected chi connectivity index (χ3v) is 5.07. The molecule has 0 aliphatic carbocycles. The first-order valence-electron chi connectivity index (χ1n) is 9.54. The van der Waals surface area contributed by atoms with Gasteiger partial charge >= 0.3 is 6.18 Å². The number of benzene rings is 1. The van der Waals surface area contributed by atoms with E-state index in [1.165, 1.54) is 13.3 Å². The molecule has 158 valence electrons. The second-order valence-corrected chi connectivity index (χ2v) is 7.27. The molecule has 0 fully saturated rings. The summed E-state index contributed by atoms with van der Waals surface area (Å²) < 4.78 is 47.1. The zero-order valence-corrected chi connectivity index (χ0v) is 16.6. The van der Waals surface area contributed by atoms with Crippen LogP contribution in [0.1, 0.15) is 53.8 Å². The Hall–Kier alpha value is -2.55. The van der Waals surface area contributed by atoms with Crippen LogP contribution in [0.2, 0.25) is 0 Å². The number of ether oxygens (including phenoxy) is 1. The number of rotatable bonds is 6. The highest BCUT2D eigenvalue weighted by Crippen LogP contribution is 2.44. The quantitative estimate of drug-likeness (QED) is 0.759. The number of fused-ring (bicyclic) bond motifs is 1. The van der Waals surface area contributed by atoms with Crippen molar-refractivity contribution in [2.45, 2.75) is 51.0 Å². The molecule has 1 aromatic heterocycles. The topological polar surface area (TPSA) is 68.2 Å². The van der Waals surface area contributed by atoms with Gasteiger partial charge in [-0.05, 0) is 24.5 Å². The van der Waals surface area contributed by atoms with Crippen LogP contribution < -0.4 is 10.6 Å². The number of aromatic nitrogens is 2. The summed E-state index contributed by atoms with van der Waals surface area (Å²) in [5.41, 5.74) is 1.93. The van der Waals surface area contributed by atoms with Crippen molar-refractivity contribution in [3.05, 3.63) is 47.2 Å². The fourth-order valence-electron chi connectivity index (χ4n) is 3.53. The van der Waals surface area contributed by atoms with Gasteiger partial charge in [0.2, 0.25) is 0 Å². The van der Waals surface area contributed by atoms with Crippen LogP contribution in [0.25, 0.3) is 0 Å². The van der Waals surface area contributed by atoms with E-state index in [2.05, 4.69) is 15.7 Å². The van der Waals surface area contributed by atoms with Crippen molar-refractivity contribution in [3.63, 3.8) is 0 Å². The normalized spacial score (nSPS) is 19.9. The third kappa shape index (κ3) is 4.55. The fraction of sp³-hybridized carbons (Fsp3) is 0.500. The second kappa shape index (κ2) is 8.44. The predicted molar refractivity (Wildman–Crippen MR) is 103 cm³/mol. The molecule has 1 aromatic carbocycles. The van der Waals surface area contributed by atoms with Gasteiger partial charge in [0.15, 0.2) is 6.04 Å². The van der Waals surface area contributed by atoms with Crippen LogP contribution in [0.3, 0.4) is 0 Å². The van der Waals surface area contributed by atoms with Crippen molar-refractivity contribution in [2.75, 3.05) is 19.0 Å². The molecule has 0 saturated carbocycles. The zero-order chi connectivity index (χ0) is 21.2. The molecule has 6 nitrogen and oxygen atoms in total. The number of nitrogens with one attached hydrogen (secondary N) is 2. The number of hydrogen-bond acceptors (Lipinski definition) is 4. The summed E-state index contributed by atoms with van der Waals surface area (Å²) in [5.74, 6) is -0.420. The molecule has 3 rings (SSSR count). The summed E-state index contributed by atoms with van der Waals surface area (Å²) in [7, 11) is 1.51. The first-order valence-corrected chi connectivity index (χ1v) is 9.54. The molecule has 29 heavy (non-hydrogen) atoms. The summed E-state index contributed by atoms with van der Waals surface area (Å²) in [4.78, 5) is 12.6. The van der Waals surface area contributed by atoms with Gasteiger partial charge in [0, 0.05) is 19.6 Å². The van der Waals surface area contributed by atoms with Crippen molar-refractivity contribution in [2.24, 2.45) is 0 Å². The van der Waals surface area contributed by atoms with E-state index in [0.29, 0.717) is 6.61 Å². The Bertz CT molecular complexity index is 848. The Morgan fingerprint density at radius 3 is 2.66 bits per heavy atom. The number of halogens is 3. The molecule has 0 bridgehead atoms. The van der Waals surface area contributed by atoms with Crippen LogP contribution >= 0.6 is 0 Å². The number of hydrogen-bond donors (Lipinski definition) is 2. The van der Waals surface area contributed by atoms with Gasteiger partial charge in [0.05, 0.1) is 18.8 Å². The van der Waals surface area contributed by atoms with E-state index >= 15 is 0 Å². The molecule has 1 amide bonds. The van der Waals surface area contributed by atoms with E-state index in [-0.39, 0.29) is 23.8 Å². The molecule has 0 saturated heterocycles. The first kappa shape index (κ1) is 21.2. The number of nitrogens with zero attached hydrogens (tertiary/aromatic N) is 2. The van der Waals surface area contributed by atoms with Crippen molar-refractivity contribution >= 4 is 11.7 Å². The Labute approximate surface area is 167 Å². The third-order valence-electron chi connectivity index (χ3n) is 5.07. The van der Waals surface area contributed by atoms with E-state index in [0.717, 1.165) is 22.2 Å². The lowest BCUT2D eigenvalue weighted by Crippen LogP contribution is -2.38. The lowest BCUT2D eigenvalue weighted by Gasteiger charge is -2.34. The maximum absolute atomic E-state index is 13.7. The second-order valence-electron chi connectivity index (χ2n) is 7.27. The van der Waals surface area contributed by atoms with Crippen molar-refractivity contribution < 1.29 is 22.7 Å². The SMILES string of the molecule is CCc1ccc(C2CC(C(F)(F)F)n3ncc(C(=O)NC(C)COC)c3N2)cc1. The average molecular weight is 410 g/mol. The van der Waals surface area contributed by atoms with Crippen molar-refractivity contribution in [1.29, 1.82) is 0 Å². The number of amides is 1. The Morgan fingerprint density at radius 2 is 2.07 bits per heavy atom. The average Bonchev–Trinajstić information content (AvgIpc) is 3.10. The van der Waals surface area contributed by atoms with E-state index < -0.39 is 24.2 Å². The monoisotopic (exact) mass is 410 g/mol. The molecule has 3 atom stereocenters. The van der Waals surface area contributed by atoms with Gasteiger partial charge in [-0.25, -0.2) is 4.68 Å². The Kier molecular flexibility index (Phi) is 6.16. The van der Waals surface area contributed by atoms with Crippen LogP contribution in [0, 0.1) is 0 Å². The van der Waals surface area contributed by atoms with Crippen LogP contribution in [0.4, 0.5) is 19.0 Å². The molecule has 1 aliphatic rings. The minimum atomic E-state index is -4.48. The lowest BCUT2D eigenvalue weighted by atomic mass is 9.95. The molecule has 0 radical (unpaired) electrons. The van der Waals surface area contributed by atoms with E-state index in [9.17, 15) is 18.0 Å². The number of alkyl halides is 3. The maximum atomic E-state index is 13.7. The van der Waals surface area contributed by atoms with Gasteiger partial charge in [-0.3, -0.25) is 4.79 Å². The van der Waals surface area contributed by atoms with E-state index in [1.54, 1.807) is 6.92 Å². The van der Waals surface area contributed by atoms with Crippen LogP contribution in [0.5, 0.6) is 0 Å². The molecule has 2 aromatic rings. The molecule has 2 heterocycles. The largest absolute Gasteiger partial charge is 0.410 e. The molecule has 3 unspecified atom stereocenters. The summed E-state index contributed by atoms with van der Waals surface area (Å²) in [5, 5.41) is 9.69. The molecule has 0 spiro atoms. The highest BCUT2D eigenvalue weighted by molar-refractivity contribution is 5.99. The van der Waals surface area contributed by atoms with Crippen molar-refractivity contribution in [1.82, 2.24) is 15.1 Å². The van der Waals surface area contributed by atoms with Gasteiger partial charge < -0.3 is 15.4 Å². The summed E-state index contributed by atoms with van der Waals surface area (Å²) >= 11 is 0. The standard InChI is InChI=1S/C20H25F3N4O2/c1-4-13-5-7-14(8-6-13)16-9-17(20(21,22)23)27-18(26-16)15(10-24-27)19(28)25-12(2)11-29-3/h5-8,10,12,16-17,26H,4,9,11H2,1-3H3,(H,25,28). The number of aryl methyl sites for hydroxylation is 1. The van der Waals surface area contributed by atoms with Crippen LogP contribution in [-0.2, 0) is 11.2 Å². The van der Waals surface area contributed by atoms with Gasteiger partial charge in [-0.1, -0.05) is 31.2 Å². The minimum absolute atomic E-state index is 0.0743. The number of carbonyl (C=O) groups is 1. The van der Waals surface area contributed by atoms with Crippen LogP contribution in [-0.4, -0.2) is 41.6 Å². The molecule has 9 heteroatoms. The van der Waals surface area contributed by atoms with Gasteiger partial charge in [0.25, 0.3) is 5.91 Å². The lowest BCUT2D eigenvalue weighted by molar-refractivity contribution is -0.173. The molecule has 1 aliphatic heterocycles. The van der Waals surface area contributed by atoms with E-state index in [1.807, 2.05) is 31.2 Å². The summed E-state index contributed by atoms with van der Waals surface area (Å²) in [6.45, 7) is 4.06. The van der Waals surface area contributed by atoms with Gasteiger partial charge in [-0.2, -0.15) is 18.3 Å². The first-order chi connectivity index (χ1) is 13.7. The Morgan fingerprint density at radius 1 is 1.38 bits per heavy atom. The van der Waals surface area contributed by atoms with Gasteiger partial charge in [-0.15, -0.1) is 0 Å².